The predicted octanol–water partition coefficient (Wildman–Crippen LogP) is 5.74. The molecule has 7 nitrogen and oxygen atoms in total. The van der Waals surface area contributed by atoms with Crippen molar-refractivity contribution in [3.63, 3.8) is 0 Å². The lowest BCUT2D eigenvalue weighted by Crippen LogP contribution is -2.44. The number of ether oxygens (including phenoxy) is 2. The maximum absolute atomic E-state index is 13.4. The quantitative estimate of drug-likeness (QED) is 0.357. The van der Waals surface area contributed by atoms with Gasteiger partial charge in [-0.05, 0) is 47.3 Å². The summed E-state index contributed by atoms with van der Waals surface area (Å²) >= 11 is 1.50. The third-order valence-corrected chi connectivity index (χ3v) is 6.36. The van der Waals surface area contributed by atoms with E-state index in [2.05, 4.69) is 11.9 Å². The minimum atomic E-state index is -4.55. The summed E-state index contributed by atoms with van der Waals surface area (Å²) < 4.78 is 49.9. The van der Waals surface area contributed by atoms with Crippen molar-refractivity contribution in [3.8, 4) is 11.5 Å². The number of hydrogen-bond acceptors (Lipinski definition) is 5. The van der Waals surface area contributed by atoms with Crippen LogP contribution in [0.5, 0.6) is 11.5 Å². The van der Waals surface area contributed by atoms with Crippen molar-refractivity contribution in [2.45, 2.75) is 19.3 Å². The Hall–Kier alpha value is -3.99. The number of rotatable bonds is 9. The minimum Gasteiger partial charge on any atom is -0.454 e. The van der Waals surface area contributed by atoms with Gasteiger partial charge in [-0.1, -0.05) is 24.3 Å². The number of carbonyl (C=O) groups is 2. The molecule has 4 rings (SSSR count). The Balaban J connectivity index is 1.49. The molecular formula is C26H24F3N3O4S. The molecule has 0 unspecified atom stereocenters. The highest BCUT2D eigenvalue weighted by molar-refractivity contribution is 7.09. The van der Waals surface area contributed by atoms with E-state index in [9.17, 15) is 22.8 Å². The summed E-state index contributed by atoms with van der Waals surface area (Å²) in [5, 5.41) is 4.36. The number of carbonyl (C=O) groups excluding carboxylic acids is 2. The van der Waals surface area contributed by atoms with E-state index in [1.807, 2.05) is 23.6 Å². The molecule has 0 saturated heterocycles. The normalized spacial score (nSPS) is 12.2. The summed E-state index contributed by atoms with van der Waals surface area (Å²) in [6, 6.07) is 12.8. The first-order valence-corrected chi connectivity index (χ1v) is 12.1. The second-order valence-corrected chi connectivity index (χ2v) is 9.23. The van der Waals surface area contributed by atoms with Gasteiger partial charge in [-0.25, -0.2) is 4.79 Å². The number of alkyl halides is 3. The molecule has 0 bridgehead atoms. The molecular weight excluding hydrogens is 507 g/mol. The summed E-state index contributed by atoms with van der Waals surface area (Å²) in [5.74, 6) is 0.880. The molecule has 11 heteroatoms. The Labute approximate surface area is 215 Å². The number of halogens is 3. The molecule has 3 amide bonds. The topological polar surface area (TPSA) is 71.1 Å². The fraction of sp³-hybridized carbons (Fsp3) is 0.231. The van der Waals surface area contributed by atoms with E-state index in [1.165, 1.54) is 34.4 Å². The van der Waals surface area contributed by atoms with E-state index in [1.54, 1.807) is 17.0 Å². The second kappa shape index (κ2) is 11.4. The predicted molar refractivity (Wildman–Crippen MR) is 133 cm³/mol. The molecule has 194 valence electrons. The summed E-state index contributed by atoms with van der Waals surface area (Å²) in [6.45, 7) is 4.06. The fourth-order valence-electron chi connectivity index (χ4n) is 3.70. The van der Waals surface area contributed by atoms with Gasteiger partial charge >= 0.3 is 12.2 Å². The van der Waals surface area contributed by atoms with Crippen LogP contribution in [0.1, 0.15) is 16.0 Å². The highest BCUT2D eigenvalue weighted by atomic mass is 32.1. The molecule has 3 aromatic rings. The molecule has 0 saturated carbocycles. The Morgan fingerprint density at radius 2 is 1.84 bits per heavy atom. The number of amides is 3. The average Bonchev–Trinajstić information content (AvgIpc) is 3.54. The van der Waals surface area contributed by atoms with Crippen LogP contribution < -0.4 is 14.8 Å². The van der Waals surface area contributed by atoms with Gasteiger partial charge in [0.25, 0.3) is 0 Å². The van der Waals surface area contributed by atoms with E-state index >= 15 is 0 Å². The molecule has 2 heterocycles. The van der Waals surface area contributed by atoms with E-state index in [4.69, 9.17) is 9.47 Å². The first-order valence-electron chi connectivity index (χ1n) is 11.3. The van der Waals surface area contributed by atoms with Crippen LogP contribution in [-0.2, 0) is 24.1 Å². The van der Waals surface area contributed by atoms with Crippen molar-refractivity contribution in [3.05, 3.63) is 88.6 Å². The highest BCUT2D eigenvalue weighted by Crippen LogP contribution is 2.33. The second-order valence-electron chi connectivity index (χ2n) is 8.19. The largest absolute Gasteiger partial charge is 0.454 e. The van der Waals surface area contributed by atoms with E-state index in [0.717, 1.165) is 22.6 Å². The fourth-order valence-corrected chi connectivity index (χ4v) is 4.42. The maximum Gasteiger partial charge on any atom is 0.416 e. The van der Waals surface area contributed by atoms with Gasteiger partial charge in [0.05, 0.1) is 12.1 Å². The summed E-state index contributed by atoms with van der Waals surface area (Å²) in [5.41, 5.74) is -0.0996. The van der Waals surface area contributed by atoms with Crippen LogP contribution in [0.3, 0.4) is 0 Å². The summed E-state index contributed by atoms with van der Waals surface area (Å²) in [4.78, 5) is 30.1. The van der Waals surface area contributed by atoms with Gasteiger partial charge in [0, 0.05) is 23.7 Å². The van der Waals surface area contributed by atoms with Gasteiger partial charge in [0.15, 0.2) is 11.5 Å². The summed E-state index contributed by atoms with van der Waals surface area (Å²) in [7, 11) is 0. The van der Waals surface area contributed by atoms with Crippen LogP contribution in [0.2, 0.25) is 0 Å². The number of thiophene rings is 1. The van der Waals surface area contributed by atoms with Crippen LogP contribution in [0.4, 0.5) is 23.7 Å². The van der Waals surface area contributed by atoms with E-state index in [0.29, 0.717) is 18.0 Å². The Morgan fingerprint density at radius 3 is 2.57 bits per heavy atom. The van der Waals surface area contributed by atoms with Crippen LogP contribution in [0.15, 0.2) is 72.6 Å². The lowest BCUT2D eigenvalue weighted by atomic mass is 10.2. The van der Waals surface area contributed by atoms with Gasteiger partial charge in [0.1, 0.15) is 6.54 Å². The Kier molecular flexibility index (Phi) is 8.02. The van der Waals surface area contributed by atoms with Gasteiger partial charge in [0.2, 0.25) is 12.7 Å². The number of nitrogens with zero attached hydrogens (tertiary/aromatic N) is 2. The molecule has 1 aliphatic heterocycles. The third kappa shape index (κ3) is 6.82. The number of hydrogen-bond donors (Lipinski definition) is 1. The number of benzene rings is 2. The van der Waals surface area contributed by atoms with E-state index < -0.39 is 17.8 Å². The molecule has 1 aromatic heterocycles. The smallest absolute Gasteiger partial charge is 0.416 e. The average molecular weight is 532 g/mol. The molecule has 0 spiro atoms. The van der Waals surface area contributed by atoms with Crippen LogP contribution in [0, 0.1) is 0 Å². The van der Waals surface area contributed by atoms with Gasteiger partial charge in [-0.15, -0.1) is 17.9 Å². The van der Waals surface area contributed by atoms with Gasteiger partial charge in [-0.3, -0.25) is 4.79 Å². The molecule has 37 heavy (non-hydrogen) atoms. The molecule has 0 fully saturated rings. The first kappa shape index (κ1) is 26.1. The Morgan fingerprint density at radius 1 is 1.03 bits per heavy atom. The summed E-state index contributed by atoms with van der Waals surface area (Å²) in [6.07, 6.45) is -3.10. The van der Waals surface area contributed by atoms with Crippen LogP contribution in [0.25, 0.3) is 0 Å². The van der Waals surface area contributed by atoms with Crippen LogP contribution >= 0.6 is 11.3 Å². The number of fused-ring (bicyclic) bond motifs is 1. The zero-order valence-electron chi connectivity index (χ0n) is 19.7. The molecule has 0 aliphatic carbocycles. The van der Waals surface area contributed by atoms with Crippen molar-refractivity contribution in [2.24, 2.45) is 0 Å². The SMILES string of the molecule is C=CCN(CC(=O)N(Cc1ccc2c(c1)OCO2)Cc1cccs1)C(=O)Nc1cccc(C(F)(F)F)c1. The Bertz CT molecular complexity index is 1260. The molecule has 1 N–H and O–H groups in total. The van der Waals surface area contributed by atoms with Crippen molar-refractivity contribution >= 4 is 29.0 Å². The standard InChI is InChI=1S/C26H24F3N3O4S/c1-2-10-31(25(34)30-20-6-3-5-19(13-20)26(27,28)29)16-24(33)32(15-21-7-4-11-37-21)14-18-8-9-22-23(12-18)36-17-35-22/h2-9,11-13H,1,10,14-17H2,(H,30,34). The molecule has 0 atom stereocenters. The zero-order chi connectivity index (χ0) is 26.4. The number of anilines is 1. The highest BCUT2D eigenvalue weighted by Gasteiger charge is 2.31. The van der Waals surface area contributed by atoms with Gasteiger partial charge in [-0.2, -0.15) is 13.2 Å². The van der Waals surface area contributed by atoms with Gasteiger partial charge < -0.3 is 24.6 Å². The third-order valence-electron chi connectivity index (χ3n) is 5.49. The first-order chi connectivity index (χ1) is 17.7. The number of urea groups is 1. The van der Waals surface area contributed by atoms with Crippen LogP contribution in [-0.4, -0.2) is 41.6 Å². The molecule has 0 radical (unpaired) electrons. The molecule has 1 aliphatic rings. The van der Waals surface area contributed by atoms with Crippen molar-refractivity contribution in [1.82, 2.24) is 9.80 Å². The monoisotopic (exact) mass is 531 g/mol. The zero-order valence-corrected chi connectivity index (χ0v) is 20.5. The maximum atomic E-state index is 13.4. The lowest BCUT2D eigenvalue weighted by molar-refractivity contribution is -0.137. The lowest BCUT2D eigenvalue weighted by Gasteiger charge is -2.27. The number of nitrogens with one attached hydrogen (secondary N) is 1. The minimum absolute atomic E-state index is 0.0212. The van der Waals surface area contributed by atoms with Crippen molar-refractivity contribution in [1.29, 1.82) is 0 Å². The van der Waals surface area contributed by atoms with E-state index in [-0.39, 0.29) is 38.0 Å². The van der Waals surface area contributed by atoms with Crippen molar-refractivity contribution in [2.75, 3.05) is 25.2 Å². The van der Waals surface area contributed by atoms with Crippen molar-refractivity contribution < 1.29 is 32.2 Å². The molecule has 2 aromatic carbocycles.